The van der Waals surface area contributed by atoms with Gasteiger partial charge in [0.1, 0.15) is 0 Å². The van der Waals surface area contributed by atoms with Gasteiger partial charge in [0.15, 0.2) is 0 Å². The minimum Gasteiger partial charge on any atom is -0.412 e. The lowest BCUT2D eigenvalue weighted by atomic mass is 9.85. The van der Waals surface area contributed by atoms with Gasteiger partial charge in [-0.25, -0.2) is 0 Å². The summed E-state index contributed by atoms with van der Waals surface area (Å²) in [5, 5.41) is 0. The summed E-state index contributed by atoms with van der Waals surface area (Å²) in [5.41, 5.74) is 0. The average Bonchev–Trinajstić information content (AvgIpc) is 2.19. The van der Waals surface area contributed by atoms with Crippen LogP contribution in [-0.4, -0.2) is 35.0 Å². The largest absolute Gasteiger partial charge is 0.412 e. The number of nitrogens with zero attached hydrogens (tertiary/aromatic N) is 1. The van der Waals surface area contributed by atoms with Gasteiger partial charge < -0.3 is 15.9 Å². The van der Waals surface area contributed by atoms with Crippen LogP contribution in [0.4, 0.5) is 0 Å². The second-order valence-electron chi connectivity index (χ2n) is 5.02. The van der Waals surface area contributed by atoms with Crippen LogP contribution in [0.2, 0.25) is 0 Å². The van der Waals surface area contributed by atoms with E-state index in [2.05, 4.69) is 11.8 Å². The zero-order valence-electron chi connectivity index (χ0n) is 9.97. The van der Waals surface area contributed by atoms with Crippen LogP contribution in [0.3, 0.4) is 0 Å². The molecule has 0 radical (unpaired) electrons. The first kappa shape index (κ1) is 14.9. The van der Waals surface area contributed by atoms with Crippen LogP contribution in [0.25, 0.3) is 0 Å². The predicted molar refractivity (Wildman–Crippen MR) is 64.1 cm³/mol. The van der Waals surface area contributed by atoms with Crippen LogP contribution in [0.1, 0.15) is 51.9 Å². The summed E-state index contributed by atoms with van der Waals surface area (Å²) in [7, 11) is 0. The Balaban J connectivity index is 0.000000980. The lowest BCUT2D eigenvalue weighted by Gasteiger charge is -2.38. The Hall–Kier alpha value is -0.120. The monoisotopic (exact) mass is 217 g/mol. The third kappa shape index (κ3) is 4.09. The molecule has 1 saturated heterocycles. The highest BCUT2D eigenvalue weighted by molar-refractivity contribution is 4.80. The van der Waals surface area contributed by atoms with Crippen molar-refractivity contribution in [3.8, 4) is 0 Å². The van der Waals surface area contributed by atoms with Crippen molar-refractivity contribution in [2.45, 2.75) is 57.9 Å². The topological polar surface area (TPSA) is 66.2 Å². The van der Waals surface area contributed by atoms with E-state index in [-0.39, 0.29) is 11.0 Å². The van der Waals surface area contributed by atoms with Crippen molar-refractivity contribution >= 4 is 0 Å². The summed E-state index contributed by atoms with van der Waals surface area (Å²) in [5.74, 6) is 0.987. The van der Waals surface area contributed by atoms with Crippen LogP contribution >= 0.6 is 0 Å². The molecule has 2 fully saturated rings. The van der Waals surface area contributed by atoms with Gasteiger partial charge in [-0.15, -0.1) is 0 Å². The normalized spacial score (nSPS) is 32.6. The molecule has 0 spiro atoms. The first-order valence-electron chi connectivity index (χ1n) is 6.10. The highest BCUT2D eigenvalue weighted by Gasteiger charge is 2.25. The van der Waals surface area contributed by atoms with Crippen LogP contribution < -0.4 is 0 Å². The van der Waals surface area contributed by atoms with Gasteiger partial charge in [-0.05, 0) is 44.7 Å². The first-order chi connectivity index (χ1) is 6.36. The van der Waals surface area contributed by atoms with E-state index in [0.29, 0.717) is 0 Å². The Morgan fingerprint density at radius 1 is 0.867 bits per heavy atom. The summed E-state index contributed by atoms with van der Waals surface area (Å²) >= 11 is 0. The van der Waals surface area contributed by atoms with E-state index in [0.717, 1.165) is 12.0 Å². The van der Waals surface area contributed by atoms with Gasteiger partial charge in [0.05, 0.1) is 0 Å². The Labute approximate surface area is 93.5 Å². The molecule has 4 N–H and O–H groups in total. The molecule has 0 amide bonds. The van der Waals surface area contributed by atoms with Crippen molar-refractivity contribution in [3.05, 3.63) is 0 Å². The minimum absolute atomic E-state index is 0. The molecule has 0 aromatic carbocycles. The van der Waals surface area contributed by atoms with E-state index in [4.69, 9.17) is 0 Å². The second-order valence-corrected chi connectivity index (χ2v) is 5.02. The van der Waals surface area contributed by atoms with Gasteiger partial charge in [-0.2, -0.15) is 0 Å². The van der Waals surface area contributed by atoms with Crippen molar-refractivity contribution in [1.29, 1.82) is 0 Å². The van der Waals surface area contributed by atoms with Gasteiger partial charge in [-0.1, -0.05) is 26.2 Å². The molecule has 2 atom stereocenters. The molecule has 1 aliphatic carbocycles. The lowest BCUT2D eigenvalue weighted by molar-refractivity contribution is 0.113. The molecule has 0 aromatic rings. The number of hydrogen-bond acceptors (Lipinski definition) is 1. The maximum absolute atomic E-state index is 2.76. The van der Waals surface area contributed by atoms with E-state index in [1.54, 1.807) is 0 Å². The molecule has 1 heterocycles. The maximum atomic E-state index is 2.76. The maximum Gasteiger partial charge on any atom is 0.00977 e. The van der Waals surface area contributed by atoms with E-state index >= 15 is 0 Å². The predicted octanol–water partition coefficient (Wildman–Crippen LogP) is 1.40. The molecule has 2 unspecified atom stereocenters. The third-order valence-electron chi connectivity index (χ3n) is 3.82. The van der Waals surface area contributed by atoms with E-state index < -0.39 is 0 Å². The molecule has 0 aromatic heterocycles. The number of likely N-dealkylation sites (tertiary alicyclic amines) is 1. The summed E-state index contributed by atoms with van der Waals surface area (Å²) in [6, 6.07) is 0.948. The van der Waals surface area contributed by atoms with E-state index in [1.807, 2.05) is 0 Å². The highest BCUT2D eigenvalue weighted by atomic mass is 16.0. The van der Waals surface area contributed by atoms with Crippen LogP contribution in [0, 0.1) is 5.92 Å². The summed E-state index contributed by atoms with van der Waals surface area (Å²) in [4.78, 5) is 2.76. The molecular weight excluding hydrogens is 190 g/mol. The quantitative estimate of drug-likeness (QED) is 0.654. The number of rotatable bonds is 1. The van der Waals surface area contributed by atoms with E-state index in [9.17, 15) is 0 Å². The van der Waals surface area contributed by atoms with Gasteiger partial charge in [0.2, 0.25) is 0 Å². The SMILES string of the molecule is CC1CCCC(N2CCCCC2)C1.O.O. The fourth-order valence-electron chi connectivity index (χ4n) is 3.02. The number of hydrogen-bond donors (Lipinski definition) is 0. The van der Waals surface area contributed by atoms with Crippen molar-refractivity contribution < 1.29 is 11.0 Å². The molecule has 92 valence electrons. The zero-order chi connectivity index (χ0) is 9.10. The van der Waals surface area contributed by atoms with Gasteiger partial charge in [0.25, 0.3) is 0 Å². The molecule has 3 nitrogen and oxygen atoms in total. The Kier molecular flexibility index (Phi) is 7.14. The average molecular weight is 217 g/mol. The molecule has 1 aliphatic heterocycles. The zero-order valence-corrected chi connectivity index (χ0v) is 9.97. The second kappa shape index (κ2) is 7.20. The molecule has 2 aliphatic rings. The smallest absolute Gasteiger partial charge is 0.00977 e. The fourth-order valence-corrected chi connectivity index (χ4v) is 3.02. The van der Waals surface area contributed by atoms with Crippen molar-refractivity contribution in [1.82, 2.24) is 4.90 Å². The highest BCUT2D eigenvalue weighted by Crippen LogP contribution is 2.28. The summed E-state index contributed by atoms with van der Waals surface area (Å²) < 4.78 is 0. The molecule has 3 heteroatoms. The Morgan fingerprint density at radius 3 is 2.13 bits per heavy atom. The van der Waals surface area contributed by atoms with E-state index in [1.165, 1.54) is 58.0 Å². The Morgan fingerprint density at radius 2 is 1.53 bits per heavy atom. The number of piperidine rings is 1. The fraction of sp³-hybridized carbons (Fsp3) is 1.00. The Bertz CT molecular complexity index is 158. The third-order valence-corrected chi connectivity index (χ3v) is 3.82. The van der Waals surface area contributed by atoms with Crippen molar-refractivity contribution in [2.24, 2.45) is 5.92 Å². The molecule has 0 bridgehead atoms. The van der Waals surface area contributed by atoms with Crippen molar-refractivity contribution in [3.63, 3.8) is 0 Å². The molecule has 15 heavy (non-hydrogen) atoms. The summed E-state index contributed by atoms with van der Waals surface area (Å²) in [6.45, 7) is 5.20. The lowest BCUT2D eigenvalue weighted by Crippen LogP contribution is -2.41. The van der Waals surface area contributed by atoms with Crippen molar-refractivity contribution in [2.75, 3.05) is 13.1 Å². The molecule has 1 saturated carbocycles. The van der Waals surface area contributed by atoms with Gasteiger partial charge >= 0.3 is 0 Å². The van der Waals surface area contributed by atoms with Crippen LogP contribution in [0.15, 0.2) is 0 Å². The molecule has 2 rings (SSSR count). The van der Waals surface area contributed by atoms with Crippen LogP contribution in [0.5, 0.6) is 0 Å². The van der Waals surface area contributed by atoms with Gasteiger partial charge in [-0.3, -0.25) is 0 Å². The standard InChI is InChI=1S/C12H23N.2H2O/c1-11-6-5-7-12(10-11)13-8-3-2-4-9-13;;/h11-12H,2-10H2,1H3;2*1H2. The first-order valence-corrected chi connectivity index (χ1v) is 6.10. The molecular formula is C12H27NO2. The summed E-state index contributed by atoms with van der Waals surface area (Å²) in [6.07, 6.45) is 10.3. The van der Waals surface area contributed by atoms with Crippen LogP contribution in [-0.2, 0) is 0 Å². The van der Waals surface area contributed by atoms with Gasteiger partial charge in [0, 0.05) is 6.04 Å². The minimum atomic E-state index is 0.